The van der Waals surface area contributed by atoms with Crippen LogP contribution in [0.3, 0.4) is 0 Å². The molecule has 6 nitrogen and oxygen atoms in total. The number of nitrogens with one attached hydrogen (secondary N) is 1. The van der Waals surface area contributed by atoms with Gasteiger partial charge in [0.15, 0.2) is 5.78 Å². The van der Waals surface area contributed by atoms with Gasteiger partial charge in [-0.15, -0.1) is 0 Å². The fourth-order valence-electron chi connectivity index (χ4n) is 4.59. The zero-order valence-corrected chi connectivity index (χ0v) is 19.6. The molecule has 0 atom stereocenters. The number of ketones is 1. The van der Waals surface area contributed by atoms with Crippen molar-refractivity contribution in [1.82, 2.24) is 0 Å². The van der Waals surface area contributed by atoms with Gasteiger partial charge >= 0.3 is 0 Å². The van der Waals surface area contributed by atoms with Crippen molar-refractivity contribution >= 4 is 43.2 Å². The summed E-state index contributed by atoms with van der Waals surface area (Å²) in [6.45, 7) is 6.47. The molecule has 3 aromatic carbocycles. The van der Waals surface area contributed by atoms with E-state index in [1.54, 1.807) is 18.2 Å². The Morgan fingerprint density at radius 3 is 2.39 bits per heavy atom. The van der Waals surface area contributed by atoms with Gasteiger partial charge in [-0.1, -0.05) is 38.1 Å². The Bertz CT molecular complexity index is 1500. The first-order valence-corrected chi connectivity index (χ1v) is 12.4. The molecule has 0 saturated heterocycles. The number of carbonyl (C=O) groups excluding carboxylic acids is 1. The predicted molar refractivity (Wildman–Crippen MR) is 129 cm³/mol. The summed E-state index contributed by atoms with van der Waals surface area (Å²) in [7, 11) is -3.86. The lowest BCUT2D eigenvalue weighted by atomic mass is 9.76. The molecule has 0 aliphatic heterocycles. The van der Waals surface area contributed by atoms with E-state index in [4.69, 9.17) is 9.15 Å². The van der Waals surface area contributed by atoms with E-state index in [1.807, 2.05) is 31.2 Å². The molecule has 0 saturated carbocycles. The van der Waals surface area contributed by atoms with Crippen LogP contribution in [-0.4, -0.2) is 20.8 Å². The molecule has 0 amide bonds. The highest BCUT2D eigenvalue weighted by atomic mass is 32.2. The van der Waals surface area contributed by atoms with Crippen LogP contribution in [0.4, 0.5) is 5.69 Å². The van der Waals surface area contributed by atoms with E-state index in [2.05, 4.69) is 18.6 Å². The van der Waals surface area contributed by atoms with Gasteiger partial charge in [0.2, 0.25) is 0 Å². The third-order valence-electron chi connectivity index (χ3n) is 6.02. The number of sulfonamides is 1. The molecule has 0 unspecified atom stereocenters. The van der Waals surface area contributed by atoms with E-state index >= 15 is 0 Å². The molecule has 1 N–H and O–H groups in total. The van der Waals surface area contributed by atoms with Gasteiger partial charge in [-0.25, -0.2) is 8.42 Å². The van der Waals surface area contributed by atoms with Gasteiger partial charge in [-0.2, -0.15) is 0 Å². The van der Waals surface area contributed by atoms with Crippen molar-refractivity contribution in [3.8, 4) is 5.75 Å². The average Bonchev–Trinajstić information content (AvgIpc) is 3.11. The highest BCUT2D eigenvalue weighted by Crippen LogP contribution is 2.43. The van der Waals surface area contributed by atoms with E-state index in [1.165, 1.54) is 12.1 Å². The number of furan rings is 1. The molecule has 0 bridgehead atoms. The van der Waals surface area contributed by atoms with Crippen molar-refractivity contribution in [2.75, 3.05) is 11.3 Å². The highest BCUT2D eigenvalue weighted by molar-refractivity contribution is 7.92. The third-order valence-corrected chi connectivity index (χ3v) is 7.40. The minimum Gasteiger partial charge on any atom is -0.494 e. The first-order valence-electron chi connectivity index (χ1n) is 10.9. The summed E-state index contributed by atoms with van der Waals surface area (Å²) < 4.78 is 40.7. The number of rotatable bonds is 5. The van der Waals surface area contributed by atoms with Crippen molar-refractivity contribution < 1.29 is 22.4 Å². The molecule has 1 heterocycles. The second kappa shape index (κ2) is 7.63. The third kappa shape index (κ3) is 3.76. The number of hydrogen-bond acceptors (Lipinski definition) is 5. The minimum atomic E-state index is -3.86. The molecule has 7 heteroatoms. The van der Waals surface area contributed by atoms with Gasteiger partial charge in [0.25, 0.3) is 10.0 Å². The number of benzene rings is 3. The van der Waals surface area contributed by atoms with Crippen LogP contribution < -0.4 is 9.46 Å². The van der Waals surface area contributed by atoms with Crippen molar-refractivity contribution in [1.29, 1.82) is 0 Å². The topological polar surface area (TPSA) is 85.6 Å². The zero-order valence-electron chi connectivity index (χ0n) is 18.8. The van der Waals surface area contributed by atoms with E-state index < -0.39 is 10.0 Å². The van der Waals surface area contributed by atoms with Crippen LogP contribution in [0.2, 0.25) is 0 Å². The normalized spacial score (nSPS) is 15.5. The van der Waals surface area contributed by atoms with Crippen molar-refractivity contribution in [3.63, 3.8) is 0 Å². The summed E-state index contributed by atoms with van der Waals surface area (Å²) in [4.78, 5) is 13.1. The first kappa shape index (κ1) is 21.5. The molecule has 4 aromatic rings. The Morgan fingerprint density at radius 2 is 1.70 bits per heavy atom. The van der Waals surface area contributed by atoms with Crippen molar-refractivity contribution in [2.24, 2.45) is 5.41 Å². The Morgan fingerprint density at radius 1 is 1.00 bits per heavy atom. The maximum absolute atomic E-state index is 13.2. The van der Waals surface area contributed by atoms with Crippen LogP contribution in [-0.2, 0) is 16.4 Å². The van der Waals surface area contributed by atoms with Gasteiger partial charge in [0.05, 0.1) is 22.8 Å². The monoisotopic (exact) mass is 463 g/mol. The van der Waals surface area contributed by atoms with Crippen molar-refractivity contribution in [2.45, 2.75) is 38.5 Å². The first-order chi connectivity index (χ1) is 15.7. The smallest absolute Gasteiger partial charge is 0.261 e. The Hall–Kier alpha value is -3.32. The van der Waals surface area contributed by atoms with Gasteiger partial charge in [-0.3, -0.25) is 9.52 Å². The van der Waals surface area contributed by atoms with Gasteiger partial charge in [0.1, 0.15) is 17.1 Å². The largest absolute Gasteiger partial charge is 0.494 e. The molecule has 1 aliphatic carbocycles. The van der Waals surface area contributed by atoms with E-state index in [-0.39, 0.29) is 16.1 Å². The zero-order chi connectivity index (χ0) is 23.4. The number of carbonyl (C=O) groups is 1. The molecule has 1 aliphatic rings. The lowest BCUT2D eigenvalue weighted by molar-refractivity contribution is 0.0906. The summed E-state index contributed by atoms with van der Waals surface area (Å²) in [5, 5.41) is 2.12. The Kier molecular flexibility index (Phi) is 4.97. The van der Waals surface area contributed by atoms with E-state index in [9.17, 15) is 13.2 Å². The van der Waals surface area contributed by atoms with E-state index in [0.29, 0.717) is 58.6 Å². The summed E-state index contributed by atoms with van der Waals surface area (Å²) in [5.41, 5.74) is 1.42. The number of hydrogen-bond donors (Lipinski definition) is 1. The molecule has 170 valence electrons. The molecular formula is C26H25NO5S. The van der Waals surface area contributed by atoms with Crippen LogP contribution in [0.5, 0.6) is 5.75 Å². The summed E-state index contributed by atoms with van der Waals surface area (Å²) in [6.07, 6.45) is 1.08. The van der Waals surface area contributed by atoms with Crippen molar-refractivity contribution in [3.05, 3.63) is 65.9 Å². The molecule has 33 heavy (non-hydrogen) atoms. The maximum atomic E-state index is 13.2. The highest BCUT2D eigenvalue weighted by Gasteiger charge is 2.36. The van der Waals surface area contributed by atoms with Crippen LogP contribution in [0.25, 0.3) is 21.7 Å². The molecule has 1 aromatic heterocycles. The van der Waals surface area contributed by atoms with Crippen LogP contribution in [0.15, 0.2) is 63.9 Å². The van der Waals surface area contributed by atoms with Crippen LogP contribution in [0.1, 0.15) is 43.3 Å². The molecule has 0 fully saturated rings. The summed E-state index contributed by atoms with van der Waals surface area (Å²) in [5.74, 6) is 1.30. The average molecular weight is 464 g/mol. The second-order valence-corrected chi connectivity index (χ2v) is 10.9. The Balaban J connectivity index is 1.65. The molecular weight excluding hydrogens is 438 g/mol. The standard InChI is InChI=1S/C26H25NO5S/c1-4-31-16-9-11-17(12-10-16)33(29,30)27-21-13-20-24-22(28)14-26(2,3)15-23(24)32-25(20)19-8-6-5-7-18(19)21/h5-13,27H,4,14-15H2,1-3H3. The molecule has 0 radical (unpaired) electrons. The number of ether oxygens (including phenoxy) is 1. The Labute approximate surface area is 192 Å². The minimum absolute atomic E-state index is 0.0237. The van der Waals surface area contributed by atoms with Gasteiger partial charge in [-0.05, 0) is 42.7 Å². The number of Topliss-reactive ketones (excluding diaryl/α,β-unsaturated/α-hetero) is 1. The quantitative estimate of drug-likeness (QED) is 0.396. The fourth-order valence-corrected chi connectivity index (χ4v) is 5.66. The SMILES string of the molecule is CCOc1ccc(S(=O)(=O)Nc2cc3c4c(oc3c3ccccc23)CC(C)(C)CC4=O)cc1. The molecule has 0 spiro atoms. The van der Waals surface area contributed by atoms with Gasteiger partial charge < -0.3 is 9.15 Å². The second-order valence-electron chi connectivity index (χ2n) is 9.20. The number of anilines is 1. The predicted octanol–water partition coefficient (Wildman–Crippen LogP) is 5.94. The van der Waals surface area contributed by atoms with Crippen LogP contribution in [0, 0.1) is 5.41 Å². The van der Waals surface area contributed by atoms with Gasteiger partial charge in [0, 0.05) is 29.0 Å². The van der Waals surface area contributed by atoms with Crippen LogP contribution >= 0.6 is 0 Å². The van der Waals surface area contributed by atoms with E-state index in [0.717, 1.165) is 5.39 Å². The number of fused-ring (bicyclic) bond motifs is 5. The maximum Gasteiger partial charge on any atom is 0.261 e. The summed E-state index contributed by atoms with van der Waals surface area (Å²) >= 11 is 0. The lowest BCUT2D eigenvalue weighted by Crippen LogP contribution is -2.25. The molecule has 5 rings (SSSR count). The summed E-state index contributed by atoms with van der Waals surface area (Å²) in [6, 6.07) is 15.5. The fraction of sp³-hybridized carbons (Fsp3) is 0.269. The lowest BCUT2D eigenvalue weighted by Gasteiger charge is -2.27.